The zero-order chi connectivity index (χ0) is 14.0. The molecule has 0 aliphatic carbocycles. The number of anilines is 1. The second kappa shape index (κ2) is 5.13. The van der Waals surface area contributed by atoms with Crippen LogP contribution in [0.2, 0.25) is 0 Å². The second-order valence-corrected chi connectivity index (χ2v) is 6.49. The summed E-state index contributed by atoms with van der Waals surface area (Å²) in [5.74, 6) is 0.0849. The van der Waals surface area contributed by atoms with Gasteiger partial charge in [-0.25, -0.2) is 0 Å². The van der Waals surface area contributed by atoms with Crippen molar-refractivity contribution in [3.8, 4) is 0 Å². The summed E-state index contributed by atoms with van der Waals surface area (Å²) in [5.41, 5.74) is 1.80. The molecule has 1 aromatic rings. The van der Waals surface area contributed by atoms with Crippen molar-refractivity contribution in [2.75, 3.05) is 5.32 Å². The van der Waals surface area contributed by atoms with Gasteiger partial charge in [0.25, 0.3) is 0 Å². The summed E-state index contributed by atoms with van der Waals surface area (Å²) >= 11 is 0. The normalized spacial score (nSPS) is 12.3. The fraction of sp³-hybridized carbons (Fsp3) is 0.562. The van der Waals surface area contributed by atoms with Crippen LogP contribution in [-0.4, -0.2) is 5.91 Å². The van der Waals surface area contributed by atoms with E-state index in [-0.39, 0.29) is 16.7 Å². The van der Waals surface area contributed by atoms with Crippen molar-refractivity contribution in [1.29, 1.82) is 0 Å². The van der Waals surface area contributed by atoms with Crippen LogP contribution in [-0.2, 0) is 10.2 Å². The Labute approximate surface area is 111 Å². The predicted octanol–water partition coefficient (Wildman–Crippen LogP) is 4.36. The molecule has 0 aromatic heterocycles. The van der Waals surface area contributed by atoms with Crippen LogP contribution in [0.15, 0.2) is 24.3 Å². The Morgan fingerprint density at radius 1 is 1.11 bits per heavy atom. The predicted molar refractivity (Wildman–Crippen MR) is 77.8 cm³/mol. The molecule has 0 aliphatic heterocycles. The first-order valence-electron chi connectivity index (χ1n) is 6.59. The zero-order valence-corrected chi connectivity index (χ0v) is 12.4. The Hall–Kier alpha value is -1.31. The molecule has 0 radical (unpaired) electrons. The van der Waals surface area contributed by atoms with Gasteiger partial charge in [-0.1, -0.05) is 59.7 Å². The molecule has 1 rings (SSSR count). The molecule has 0 aliphatic rings. The number of nitrogens with one attached hydrogen (secondary N) is 1. The minimum atomic E-state index is -0.328. The summed E-state index contributed by atoms with van der Waals surface area (Å²) in [5, 5.41) is 3.07. The van der Waals surface area contributed by atoms with Crippen LogP contribution in [0.25, 0.3) is 0 Å². The van der Waals surface area contributed by atoms with E-state index >= 15 is 0 Å². The maximum Gasteiger partial charge on any atom is 0.230 e. The van der Waals surface area contributed by atoms with Gasteiger partial charge in [-0.3, -0.25) is 4.79 Å². The fourth-order valence-electron chi connectivity index (χ4n) is 1.70. The Morgan fingerprint density at radius 3 is 2.17 bits per heavy atom. The van der Waals surface area contributed by atoms with E-state index in [0.29, 0.717) is 0 Å². The highest BCUT2D eigenvalue weighted by Crippen LogP contribution is 2.31. The minimum Gasteiger partial charge on any atom is -0.325 e. The van der Waals surface area contributed by atoms with Crippen LogP contribution in [0.3, 0.4) is 0 Å². The van der Waals surface area contributed by atoms with Gasteiger partial charge in [0.1, 0.15) is 0 Å². The fourth-order valence-corrected chi connectivity index (χ4v) is 1.70. The van der Waals surface area contributed by atoms with Crippen molar-refractivity contribution in [3.05, 3.63) is 29.8 Å². The monoisotopic (exact) mass is 247 g/mol. The molecule has 1 N–H and O–H groups in total. The molecule has 18 heavy (non-hydrogen) atoms. The third kappa shape index (κ3) is 3.34. The molecule has 100 valence electrons. The summed E-state index contributed by atoms with van der Waals surface area (Å²) in [6, 6.07) is 8.03. The molecule has 0 bridgehead atoms. The van der Waals surface area contributed by atoms with Crippen LogP contribution < -0.4 is 5.32 Å². The number of amides is 1. The first-order valence-corrected chi connectivity index (χ1v) is 6.59. The van der Waals surface area contributed by atoms with Gasteiger partial charge in [0.2, 0.25) is 5.91 Å². The van der Waals surface area contributed by atoms with E-state index in [1.165, 1.54) is 5.56 Å². The van der Waals surface area contributed by atoms with Crippen molar-refractivity contribution in [1.82, 2.24) is 0 Å². The highest BCUT2D eigenvalue weighted by molar-refractivity contribution is 5.95. The quantitative estimate of drug-likeness (QED) is 0.844. The first kappa shape index (κ1) is 14.7. The van der Waals surface area contributed by atoms with E-state index in [2.05, 4.69) is 32.2 Å². The second-order valence-electron chi connectivity index (χ2n) is 6.49. The molecule has 0 spiro atoms. The van der Waals surface area contributed by atoms with Crippen LogP contribution in [0.1, 0.15) is 53.5 Å². The third-order valence-electron chi connectivity index (χ3n) is 3.48. The Morgan fingerprint density at radius 2 is 1.67 bits per heavy atom. The number of hydrogen-bond acceptors (Lipinski definition) is 1. The van der Waals surface area contributed by atoms with Gasteiger partial charge in [0.05, 0.1) is 0 Å². The van der Waals surface area contributed by atoms with Crippen molar-refractivity contribution in [3.63, 3.8) is 0 Å². The molecule has 0 atom stereocenters. The maximum absolute atomic E-state index is 12.2. The Bertz CT molecular complexity index is 427. The summed E-state index contributed by atoms with van der Waals surface area (Å²) in [7, 11) is 0. The largest absolute Gasteiger partial charge is 0.325 e. The number of carbonyl (C=O) groups excluding carboxylic acids is 1. The molecule has 0 heterocycles. The summed E-state index contributed by atoms with van der Waals surface area (Å²) in [6.45, 7) is 12.5. The number of para-hydroxylation sites is 1. The number of hydrogen-bond donors (Lipinski definition) is 1. The molecule has 0 saturated heterocycles. The van der Waals surface area contributed by atoms with E-state index in [1.54, 1.807) is 0 Å². The summed E-state index contributed by atoms with van der Waals surface area (Å²) in [6.07, 6.45) is 0.830. The third-order valence-corrected chi connectivity index (χ3v) is 3.48. The van der Waals surface area contributed by atoms with Gasteiger partial charge < -0.3 is 5.32 Å². The number of benzene rings is 1. The maximum atomic E-state index is 12.2. The molecule has 1 aromatic carbocycles. The van der Waals surface area contributed by atoms with Crippen LogP contribution >= 0.6 is 0 Å². The number of carbonyl (C=O) groups is 1. The lowest BCUT2D eigenvalue weighted by Gasteiger charge is -2.26. The highest BCUT2D eigenvalue weighted by Gasteiger charge is 2.27. The summed E-state index contributed by atoms with van der Waals surface area (Å²) < 4.78 is 0. The molecule has 0 unspecified atom stereocenters. The van der Waals surface area contributed by atoms with E-state index in [9.17, 15) is 4.79 Å². The van der Waals surface area contributed by atoms with Gasteiger partial charge >= 0.3 is 0 Å². The van der Waals surface area contributed by atoms with E-state index in [0.717, 1.165) is 12.1 Å². The molecular formula is C16H25NO. The molecule has 0 saturated carbocycles. The van der Waals surface area contributed by atoms with E-state index in [4.69, 9.17) is 0 Å². The van der Waals surface area contributed by atoms with Crippen LogP contribution in [0.4, 0.5) is 5.69 Å². The van der Waals surface area contributed by atoms with Crippen molar-refractivity contribution >= 4 is 11.6 Å². The van der Waals surface area contributed by atoms with Gasteiger partial charge in [-0.05, 0) is 23.5 Å². The van der Waals surface area contributed by atoms with Crippen molar-refractivity contribution < 1.29 is 4.79 Å². The molecule has 2 nitrogen and oxygen atoms in total. The molecule has 1 amide bonds. The van der Waals surface area contributed by atoms with E-state index < -0.39 is 0 Å². The lowest BCUT2D eigenvalue weighted by atomic mass is 9.85. The van der Waals surface area contributed by atoms with E-state index in [1.807, 2.05) is 39.0 Å². The average Bonchev–Trinajstić information content (AvgIpc) is 2.28. The average molecular weight is 247 g/mol. The van der Waals surface area contributed by atoms with Gasteiger partial charge in [0, 0.05) is 11.1 Å². The van der Waals surface area contributed by atoms with Gasteiger partial charge in [-0.15, -0.1) is 0 Å². The lowest BCUT2D eigenvalue weighted by molar-refractivity contribution is -0.124. The van der Waals surface area contributed by atoms with Crippen LogP contribution in [0.5, 0.6) is 0 Å². The number of rotatable bonds is 3. The standard InChI is InChI=1S/C16H25NO/c1-7-16(5,6)14(18)17-13-11-9-8-10-12(13)15(2,3)4/h8-11H,7H2,1-6H3,(H,17,18). The first-order chi connectivity index (χ1) is 8.18. The van der Waals surface area contributed by atoms with Crippen LogP contribution in [0, 0.1) is 5.41 Å². The molecule has 2 heteroatoms. The van der Waals surface area contributed by atoms with Crippen molar-refractivity contribution in [2.45, 2.75) is 53.4 Å². The SMILES string of the molecule is CCC(C)(C)C(=O)Nc1ccccc1C(C)(C)C. The molecular weight excluding hydrogens is 222 g/mol. The molecule has 0 fully saturated rings. The Kier molecular flexibility index (Phi) is 4.20. The van der Waals surface area contributed by atoms with Gasteiger partial charge in [-0.2, -0.15) is 0 Å². The minimum absolute atomic E-state index is 0.0280. The highest BCUT2D eigenvalue weighted by atomic mass is 16.2. The lowest BCUT2D eigenvalue weighted by Crippen LogP contribution is -2.31. The van der Waals surface area contributed by atoms with Gasteiger partial charge in [0.15, 0.2) is 0 Å². The Balaban J connectivity index is 3.03. The van der Waals surface area contributed by atoms with Crippen molar-refractivity contribution in [2.24, 2.45) is 5.41 Å². The summed E-state index contributed by atoms with van der Waals surface area (Å²) in [4.78, 5) is 12.2. The topological polar surface area (TPSA) is 29.1 Å². The smallest absolute Gasteiger partial charge is 0.230 e. The zero-order valence-electron chi connectivity index (χ0n) is 12.4.